The fraction of sp³-hybridized carbons (Fsp3) is 0.150. The van der Waals surface area contributed by atoms with Gasteiger partial charge < -0.3 is 14.8 Å². The summed E-state index contributed by atoms with van der Waals surface area (Å²) in [6.07, 6.45) is 1.56. The Hall–Kier alpha value is -3.26. The first-order valence-corrected chi connectivity index (χ1v) is 10.1. The van der Waals surface area contributed by atoms with E-state index in [0.29, 0.717) is 22.7 Å². The first kappa shape index (κ1) is 18.1. The summed E-state index contributed by atoms with van der Waals surface area (Å²) in [5.74, 6) is 1.63. The van der Waals surface area contributed by atoms with Crippen molar-refractivity contribution in [1.82, 2.24) is 4.98 Å². The number of benzene rings is 2. The van der Waals surface area contributed by atoms with Crippen molar-refractivity contribution < 1.29 is 17.9 Å². The Labute approximate surface area is 163 Å². The third kappa shape index (κ3) is 3.72. The smallest absolute Gasteiger partial charge is 0.263 e. The molecule has 1 aromatic heterocycles. The average Bonchev–Trinajstić information content (AvgIpc) is 3.10. The zero-order chi connectivity index (χ0) is 19.7. The highest BCUT2D eigenvalue weighted by atomic mass is 32.2. The van der Waals surface area contributed by atoms with Crippen LogP contribution in [0.1, 0.15) is 11.1 Å². The van der Waals surface area contributed by atoms with Crippen LogP contribution in [0.15, 0.2) is 59.6 Å². The lowest BCUT2D eigenvalue weighted by Gasteiger charge is -2.11. The second-order valence-corrected chi connectivity index (χ2v) is 8.15. The molecule has 28 heavy (non-hydrogen) atoms. The van der Waals surface area contributed by atoms with Crippen LogP contribution < -0.4 is 19.5 Å². The van der Waals surface area contributed by atoms with E-state index in [9.17, 15) is 8.42 Å². The molecule has 0 atom stereocenters. The highest BCUT2D eigenvalue weighted by molar-refractivity contribution is 7.92. The Bertz CT molecular complexity index is 1130. The van der Waals surface area contributed by atoms with E-state index in [1.54, 1.807) is 37.4 Å². The second kappa shape index (κ2) is 7.05. The number of sulfonamides is 1. The molecule has 0 saturated carbocycles. The number of aryl methyl sites for hydroxylation is 2. The molecule has 2 heterocycles. The van der Waals surface area contributed by atoms with Crippen molar-refractivity contribution in [3.63, 3.8) is 0 Å². The van der Waals surface area contributed by atoms with E-state index in [0.717, 1.165) is 11.3 Å². The molecule has 2 aromatic carbocycles. The maximum atomic E-state index is 12.6. The van der Waals surface area contributed by atoms with Gasteiger partial charge in [0.25, 0.3) is 10.0 Å². The molecule has 0 spiro atoms. The predicted octanol–water partition coefficient (Wildman–Crippen LogP) is 3.97. The van der Waals surface area contributed by atoms with Crippen molar-refractivity contribution >= 4 is 27.2 Å². The van der Waals surface area contributed by atoms with Gasteiger partial charge in [0.15, 0.2) is 11.5 Å². The van der Waals surface area contributed by atoms with Crippen molar-refractivity contribution in [2.24, 2.45) is 0 Å². The summed E-state index contributed by atoms with van der Waals surface area (Å²) in [6.45, 7) is 3.91. The van der Waals surface area contributed by atoms with Crippen molar-refractivity contribution in [2.45, 2.75) is 18.7 Å². The first-order valence-electron chi connectivity index (χ1n) is 8.63. The summed E-state index contributed by atoms with van der Waals surface area (Å²) in [4.78, 5) is 4.43. The summed E-state index contributed by atoms with van der Waals surface area (Å²) >= 11 is 0. The Morgan fingerprint density at radius 1 is 0.929 bits per heavy atom. The highest BCUT2D eigenvalue weighted by Crippen LogP contribution is 2.35. The number of anilines is 3. The normalized spacial score (nSPS) is 12.6. The maximum Gasteiger partial charge on any atom is 0.263 e. The van der Waals surface area contributed by atoms with Gasteiger partial charge in [-0.2, -0.15) is 0 Å². The van der Waals surface area contributed by atoms with E-state index in [4.69, 9.17) is 9.47 Å². The monoisotopic (exact) mass is 397 g/mol. The zero-order valence-corrected chi connectivity index (χ0v) is 16.2. The predicted molar refractivity (Wildman–Crippen MR) is 107 cm³/mol. The lowest BCUT2D eigenvalue weighted by molar-refractivity contribution is 0.174. The zero-order valence-electron chi connectivity index (χ0n) is 15.4. The van der Waals surface area contributed by atoms with Crippen LogP contribution in [0.2, 0.25) is 0 Å². The van der Waals surface area contributed by atoms with Crippen LogP contribution in [0.25, 0.3) is 0 Å². The number of pyridine rings is 1. The summed E-state index contributed by atoms with van der Waals surface area (Å²) < 4.78 is 38.4. The molecule has 0 radical (unpaired) electrons. The molecule has 0 aliphatic carbocycles. The third-order valence-electron chi connectivity index (χ3n) is 4.28. The minimum Gasteiger partial charge on any atom is -0.454 e. The average molecular weight is 397 g/mol. The molecular weight excluding hydrogens is 378 g/mol. The summed E-state index contributed by atoms with van der Waals surface area (Å²) in [5, 5.41) is 3.20. The van der Waals surface area contributed by atoms with Crippen molar-refractivity contribution in [3.8, 4) is 11.5 Å². The molecule has 2 N–H and O–H groups in total. The van der Waals surface area contributed by atoms with Gasteiger partial charge >= 0.3 is 0 Å². The molecule has 4 rings (SSSR count). The Morgan fingerprint density at radius 2 is 1.71 bits per heavy atom. The number of ether oxygens (including phenoxy) is 2. The minimum absolute atomic E-state index is 0.218. The van der Waals surface area contributed by atoms with E-state index >= 15 is 0 Å². The minimum atomic E-state index is -3.70. The number of fused-ring (bicyclic) bond motifs is 1. The van der Waals surface area contributed by atoms with Crippen LogP contribution in [0.4, 0.5) is 17.2 Å². The highest BCUT2D eigenvalue weighted by Gasteiger charge is 2.17. The van der Waals surface area contributed by atoms with Crippen LogP contribution in [0.5, 0.6) is 11.5 Å². The van der Waals surface area contributed by atoms with E-state index < -0.39 is 10.0 Å². The number of aromatic nitrogens is 1. The molecule has 0 amide bonds. The van der Waals surface area contributed by atoms with E-state index in [1.165, 1.54) is 0 Å². The van der Waals surface area contributed by atoms with Crippen molar-refractivity contribution in [1.29, 1.82) is 0 Å². The molecule has 1 aliphatic heterocycles. The second-order valence-electron chi connectivity index (χ2n) is 6.50. The maximum absolute atomic E-state index is 12.6. The van der Waals surface area contributed by atoms with Crippen LogP contribution >= 0.6 is 0 Å². The van der Waals surface area contributed by atoms with Gasteiger partial charge in [0.2, 0.25) is 6.79 Å². The first-order chi connectivity index (χ1) is 13.4. The van der Waals surface area contributed by atoms with Crippen LogP contribution in [-0.4, -0.2) is 20.2 Å². The lowest BCUT2D eigenvalue weighted by Crippen LogP contribution is -2.15. The Morgan fingerprint density at radius 3 is 2.46 bits per heavy atom. The lowest BCUT2D eigenvalue weighted by atomic mass is 10.2. The SMILES string of the molecule is Cc1ccc(S(=O)(=O)Nc2ccc(Nc3ccc4c(c3)OCO4)cn2)c(C)c1. The number of nitrogens with zero attached hydrogens (tertiary/aromatic N) is 1. The van der Waals surface area contributed by atoms with Gasteiger partial charge in [0.1, 0.15) is 5.82 Å². The largest absolute Gasteiger partial charge is 0.454 e. The van der Waals surface area contributed by atoms with E-state index in [-0.39, 0.29) is 17.5 Å². The molecule has 0 saturated heterocycles. The molecule has 0 bridgehead atoms. The van der Waals surface area contributed by atoms with E-state index in [2.05, 4.69) is 15.0 Å². The van der Waals surface area contributed by atoms with Gasteiger partial charge in [-0.25, -0.2) is 13.4 Å². The number of rotatable bonds is 5. The van der Waals surface area contributed by atoms with Crippen LogP contribution in [0.3, 0.4) is 0 Å². The third-order valence-corrected chi connectivity index (χ3v) is 5.80. The molecule has 0 unspecified atom stereocenters. The molecule has 3 aromatic rings. The fourth-order valence-corrected chi connectivity index (χ4v) is 4.20. The van der Waals surface area contributed by atoms with Gasteiger partial charge in [-0.15, -0.1) is 0 Å². The van der Waals surface area contributed by atoms with Gasteiger partial charge in [-0.3, -0.25) is 4.72 Å². The number of nitrogens with one attached hydrogen (secondary N) is 2. The Balaban J connectivity index is 1.48. The molecule has 8 heteroatoms. The quantitative estimate of drug-likeness (QED) is 0.677. The molecule has 0 fully saturated rings. The topological polar surface area (TPSA) is 89.6 Å². The molecule has 7 nitrogen and oxygen atoms in total. The summed E-state index contributed by atoms with van der Waals surface area (Å²) in [5.41, 5.74) is 3.23. The molecule has 144 valence electrons. The number of hydrogen-bond donors (Lipinski definition) is 2. The number of hydrogen-bond acceptors (Lipinski definition) is 6. The summed E-state index contributed by atoms with van der Waals surface area (Å²) in [7, 11) is -3.70. The van der Waals surface area contributed by atoms with Crippen LogP contribution in [-0.2, 0) is 10.0 Å². The standard InChI is InChI=1S/C20H19N3O4S/c1-13-3-7-19(14(2)9-13)28(24,25)23-20-8-5-16(11-21-20)22-15-4-6-17-18(10-15)27-12-26-17/h3-11,22H,12H2,1-2H3,(H,21,23). The van der Waals surface area contributed by atoms with E-state index in [1.807, 2.05) is 31.2 Å². The van der Waals surface area contributed by atoms with Gasteiger partial charge in [-0.1, -0.05) is 17.7 Å². The van der Waals surface area contributed by atoms with Crippen molar-refractivity contribution in [3.05, 3.63) is 65.9 Å². The van der Waals surface area contributed by atoms with Crippen LogP contribution in [0, 0.1) is 13.8 Å². The van der Waals surface area contributed by atoms with Gasteiger partial charge in [-0.05, 0) is 49.7 Å². The molecule has 1 aliphatic rings. The summed E-state index contributed by atoms with van der Waals surface area (Å²) in [6, 6.07) is 14.1. The van der Waals surface area contributed by atoms with Gasteiger partial charge in [0, 0.05) is 11.8 Å². The van der Waals surface area contributed by atoms with Crippen molar-refractivity contribution in [2.75, 3.05) is 16.8 Å². The van der Waals surface area contributed by atoms with Gasteiger partial charge in [0.05, 0.1) is 16.8 Å². The Kier molecular flexibility index (Phi) is 4.56. The molecular formula is C20H19N3O4S. The fourth-order valence-electron chi connectivity index (χ4n) is 2.96.